The molecule has 0 bridgehead atoms. The van der Waals surface area contributed by atoms with Gasteiger partial charge in [0.2, 0.25) is 0 Å². The molecule has 0 radical (unpaired) electrons. The average molecular weight is 198 g/mol. The summed E-state index contributed by atoms with van der Waals surface area (Å²) in [4.78, 5) is 2.25. The number of hydrogen-bond acceptors (Lipinski definition) is 2. The van der Waals surface area contributed by atoms with Crippen molar-refractivity contribution in [1.82, 2.24) is 10.2 Å². The van der Waals surface area contributed by atoms with Crippen LogP contribution in [0.1, 0.15) is 39.0 Å². The Labute approximate surface area is 89.1 Å². The molecule has 0 saturated heterocycles. The molecule has 14 heavy (non-hydrogen) atoms. The molecule has 0 amide bonds. The molecule has 0 aliphatic heterocycles. The monoisotopic (exact) mass is 198 g/mol. The molecule has 0 aromatic heterocycles. The Morgan fingerprint density at radius 3 is 2.50 bits per heavy atom. The molecule has 0 aromatic rings. The molecule has 0 spiro atoms. The molecule has 0 aromatic carbocycles. The zero-order chi connectivity index (χ0) is 10.4. The van der Waals surface area contributed by atoms with Crippen LogP contribution in [0, 0.1) is 5.41 Å². The standard InChI is InChI=1S/C12H26N2/c1-4-6-12(7-8-12)11-13-9-5-10-14(2)3/h13H,4-11H2,1-3H3. The fourth-order valence-corrected chi connectivity index (χ4v) is 2.10. The van der Waals surface area contributed by atoms with Crippen LogP contribution in [0.3, 0.4) is 0 Å². The molecule has 1 aliphatic rings. The summed E-state index contributed by atoms with van der Waals surface area (Å²) >= 11 is 0. The van der Waals surface area contributed by atoms with E-state index in [1.54, 1.807) is 0 Å². The highest BCUT2D eigenvalue weighted by Crippen LogP contribution is 2.48. The number of nitrogens with zero attached hydrogens (tertiary/aromatic N) is 1. The Kier molecular flexibility index (Phi) is 4.90. The van der Waals surface area contributed by atoms with E-state index in [9.17, 15) is 0 Å². The maximum Gasteiger partial charge on any atom is 0.000782 e. The highest BCUT2D eigenvalue weighted by molar-refractivity contribution is 4.94. The minimum absolute atomic E-state index is 0.715. The molecule has 1 N–H and O–H groups in total. The second-order valence-electron chi connectivity index (χ2n) is 5.08. The molecule has 0 heterocycles. The van der Waals surface area contributed by atoms with Crippen LogP contribution in [0.25, 0.3) is 0 Å². The Bertz CT molecular complexity index is 150. The first-order valence-corrected chi connectivity index (χ1v) is 6.04. The van der Waals surface area contributed by atoms with Crippen LogP contribution in [0.15, 0.2) is 0 Å². The summed E-state index contributed by atoms with van der Waals surface area (Å²) in [6.07, 6.45) is 6.96. The first kappa shape index (κ1) is 12.0. The number of nitrogens with one attached hydrogen (secondary N) is 1. The summed E-state index contributed by atoms with van der Waals surface area (Å²) < 4.78 is 0. The first-order chi connectivity index (χ1) is 6.68. The fourth-order valence-electron chi connectivity index (χ4n) is 2.10. The topological polar surface area (TPSA) is 15.3 Å². The van der Waals surface area contributed by atoms with Gasteiger partial charge < -0.3 is 10.2 Å². The summed E-state index contributed by atoms with van der Waals surface area (Å²) in [5.74, 6) is 0. The minimum atomic E-state index is 0.715. The summed E-state index contributed by atoms with van der Waals surface area (Å²) in [6, 6.07) is 0. The van der Waals surface area contributed by atoms with Crippen LogP contribution in [0.4, 0.5) is 0 Å². The van der Waals surface area contributed by atoms with Crippen molar-refractivity contribution in [2.75, 3.05) is 33.7 Å². The van der Waals surface area contributed by atoms with E-state index >= 15 is 0 Å². The van der Waals surface area contributed by atoms with E-state index < -0.39 is 0 Å². The molecule has 0 unspecified atom stereocenters. The fraction of sp³-hybridized carbons (Fsp3) is 1.00. The van der Waals surface area contributed by atoms with Crippen LogP contribution in [0.2, 0.25) is 0 Å². The molecule has 1 fully saturated rings. The van der Waals surface area contributed by atoms with Gasteiger partial charge in [0.15, 0.2) is 0 Å². The zero-order valence-corrected chi connectivity index (χ0v) is 10.1. The maximum absolute atomic E-state index is 3.60. The lowest BCUT2D eigenvalue weighted by atomic mass is 10.0. The second kappa shape index (κ2) is 5.72. The lowest BCUT2D eigenvalue weighted by Gasteiger charge is -2.15. The van der Waals surface area contributed by atoms with Crippen molar-refractivity contribution in [2.45, 2.75) is 39.0 Å². The van der Waals surface area contributed by atoms with Crippen molar-refractivity contribution in [3.8, 4) is 0 Å². The van der Waals surface area contributed by atoms with Gasteiger partial charge in [0.05, 0.1) is 0 Å². The lowest BCUT2D eigenvalue weighted by molar-refractivity contribution is 0.377. The van der Waals surface area contributed by atoms with Gasteiger partial charge in [-0.05, 0) is 58.3 Å². The minimum Gasteiger partial charge on any atom is -0.316 e. The van der Waals surface area contributed by atoms with E-state index in [1.165, 1.54) is 51.7 Å². The molecule has 84 valence electrons. The van der Waals surface area contributed by atoms with Gasteiger partial charge in [0.25, 0.3) is 0 Å². The van der Waals surface area contributed by atoms with E-state index in [1.807, 2.05) is 0 Å². The summed E-state index contributed by atoms with van der Waals surface area (Å²) in [6.45, 7) is 5.94. The van der Waals surface area contributed by atoms with Crippen LogP contribution in [-0.2, 0) is 0 Å². The van der Waals surface area contributed by atoms with Crippen LogP contribution >= 0.6 is 0 Å². The summed E-state index contributed by atoms with van der Waals surface area (Å²) in [5, 5.41) is 3.60. The highest BCUT2D eigenvalue weighted by Gasteiger charge is 2.40. The van der Waals surface area contributed by atoms with Crippen molar-refractivity contribution in [1.29, 1.82) is 0 Å². The van der Waals surface area contributed by atoms with E-state index in [-0.39, 0.29) is 0 Å². The molecule has 2 nitrogen and oxygen atoms in total. The molecule has 1 rings (SSSR count). The predicted octanol–water partition coefficient (Wildman–Crippen LogP) is 2.11. The smallest absolute Gasteiger partial charge is 0.000782 e. The van der Waals surface area contributed by atoms with Gasteiger partial charge in [-0.1, -0.05) is 13.3 Å². The van der Waals surface area contributed by atoms with E-state index in [4.69, 9.17) is 0 Å². The van der Waals surface area contributed by atoms with Crippen LogP contribution < -0.4 is 5.32 Å². The van der Waals surface area contributed by atoms with Crippen molar-refractivity contribution in [3.63, 3.8) is 0 Å². The van der Waals surface area contributed by atoms with Gasteiger partial charge >= 0.3 is 0 Å². The van der Waals surface area contributed by atoms with E-state index in [0.717, 1.165) is 0 Å². The number of hydrogen-bond donors (Lipinski definition) is 1. The quantitative estimate of drug-likeness (QED) is 0.601. The second-order valence-corrected chi connectivity index (χ2v) is 5.08. The van der Waals surface area contributed by atoms with Crippen molar-refractivity contribution in [3.05, 3.63) is 0 Å². The summed E-state index contributed by atoms with van der Waals surface area (Å²) in [7, 11) is 4.28. The highest BCUT2D eigenvalue weighted by atomic mass is 15.1. The first-order valence-electron chi connectivity index (χ1n) is 6.04. The Balaban J connectivity index is 1.93. The Morgan fingerprint density at radius 2 is 2.00 bits per heavy atom. The average Bonchev–Trinajstić information content (AvgIpc) is 2.85. The summed E-state index contributed by atoms with van der Waals surface area (Å²) in [5.41, 5.74) is 0.715. The predicted molar refractivity (Wildman–Crippen MR) is 62.6 cm³/mol. The van der Waals surface area contributed by atoms with Crippen LogP contribution in [-0.4, -0.2) is 38.6 Å². The van der Waals surface area contributed by atoms with Crippen LogP contribution in [0.5, 0.6) is 0 Å². The molecular weight excluding hydrogens is 172 g/mol. The van der Waals surface area contributed by atoms with Gasteiger partial charge in [0.1, 0.15) is 0 Å². The SMILES string of the molecule is CCCC1(CNCCCN(C)C)CC1. The normalized spacial score (nSPS) is 18.9. The van der Waals surface area contributed by atoms with Gasteiger partial charge in [-0.15, -0.1) is 0 Å². The molecular formula is C12H26N2. The van der Waals surface area contributed by atoms with Crippen molar-refractivity contribution in [2.24, 2.45) is 5.41 Å². The van der Waals surface area contributed by atoms with Gasteiger partial charge in [-0.3, -0.25) is 0 Å². The maximum atomic E-state index is 3.60. The third kappa shape index (κ3) is 4.43. The third-order valence-electron chi connectivity index (χ3n) is 3.20. The van der Waals surface area contributed by atoms with Crippen molar-refractivity contribution < 1.29 is 0 Å². The third-order valence-corrected chi connectivity index (χ3v) is 3.20. The Hall–Kier alpha value is -0.0800. The van der Waals surface area contributed by atoms with Crippen molar-refractivity contribution >= 4 is 0 Å². The molecule has 1 saturated carbocycles. The zero-order valence-electron chi connectivity index (χ0n) is 10.1. The largest absolute Gasteiger partial charge is 0.316 e. The van der Waals surface area contributed by atoms with Gasteiger partial charge in [-0.25, -0.2) is 0 Å². The molecule has 1 aliphatic carbocycles. The lowest BCUT2D eigenvalue weighted by Crippen LogP contribution is -2.27. The Morgan fingerprint density at radius 1 is 1.29 bits per heavy atom. The molecule has 0 atom stereocenters. The van der Waals surface area contributed by atoms with E-state index in [2.05, 4.69) is 31.2 Å². The molecule has 2 heteroatoms. The number of rotatable bonds is 8. The van der Waals surface area contributed by atoms with E-state index in [0.29, 0.717) is 5.41 Å². The van der Waals surface area contributed by atoms with Gasteiger partial charge in [-0.2, -0.15) is 0 Å². The van der Waals surface area contributed by atoms with Gasteiger partial charge in [0, 0.05) is 6.54 Å².